The number of nitrogens with two attached hydrogens (primary N) is 1. The molecule has 1 saturated heterocycles. The third kappa shape index (κ3) is 3.59. The van der Waals surface area contributed by atoms with E-state index < -0.39 is 5.41 Å². The molecule has 5 heteroatoms. The number of ether oxygens (including phenoxy) is 2. The summed E-state index contributed by atoms with van der Waals surface area (Å²) >= 11 is 0. The standard InChI is InChI=1S/C17H26N2O3/c1-3-22-15-7-5-4-6-14(15)13(2)19-16(20)17(12-18)8-10-21-11-9-17/h4-7,13H,3,8-12,18H2,1-2H3,(H,19,20). The van der Waals surface area contributed by atoms with Gasteiger partial charge in [0.1, 0.15) is 5.75 Å². The summed E-state index contributed by atoms with van der Waals surface area (Å²) in [5.41, 5.74) is 6.37. The van der Waals surface area contributed by atoms with E-state index in [4.69, 9.17) is 15.2 Å². The van der Waals surface area contributed by atoms with Crippen molar-refractivity contribution in [1.29, 1.82) is 0 Å². The van der Waals surface area contributed by atoms with Gasteiger partial charge in [0.15, 0.2) is 0 Å². The smallest absolute Gasteiger partial charge is 0.228 e. The predicted octanol–water partition coefficient (Wildman–Crippen LogP) is 2.02. The summed E-state index contributed by atoms with van der Waals surface area (Å²) in [6.45, 7) is 6.05. The molecule has 0 bridgehead atoms. The summed E-state index contributed by atoms with van der Waals surface area (Å²) in [7, 11) is 0. The molecule has 1 unspecified atom stereocenters. The van der Waals surface area contributed by atoms with Crippen LogP contribution in [0.3, 0.4) is 0 Å². The molecule has 5 nitrogen and oxygen atoms in total. The van der Waals surface area contributed by atoms with Gasteiger partial charge in [0.25, 0.3) is 0 Å². The number of carbonyl (C=O) groups excluding carboxylic acids is 1. The largest absolute Gasteiger partial charge is 0.494 e. The summed E-state index contributed by atoms with van der Waals surface area (Å²) in [5.74, 6) is 0.823. The molecule has 0 saturated carbocycles. The average molecular weight is 306 g/mol. The van der Waals surface area contributed by atoms with Gasteiger partial charge in [-0.05, 0) is 32.8 Å². The van der Waals surface area contributed by atoms with Crippen molar-refractivity contribution in [2.75, 3.05) is 26.4 Å². The fraction of sp³-hybridized carbons (Fsp3) is 0.588. The lowest BCUT2D eigenvalue weighted by Gasteiger charge is -2.35. The molecule has 1 aromatic carbocycles. The Morgan fingerprint density at radius 1 is 1.41 bits per heavy atom. The maximum atomic E-state index is 12.7. The first-order valence-corrected chi connectivity index (χ1v) is 7.93. The number of hydrogen-bond donors (Lipinski definition) is 2. The van der Waals surface area contributed by atoms with Gasteiger partial charge < -0.3 is 20.5 Å². The van der Waals surface area contributed by atoms with Crippen LogP contribution >= 0.6 is 0 Å². The third-order valence-electron chi connectivity index (χ3n) is 4.36. The monoisotopic (exact) mass is 306 g/mol. The molecule has 1 heterocycles. The first-order valence-electron chi connectivity index (χ1n) is 7.93. The van der Waals surface area contributed by atoms with Crippen LogP contribution in [0.4, 0.5) is 0 Å². The maximum absolute atomic E-state index is 12.7. The Kier molecular flexibility index (Phi) is 5.80. The lowest BCUT2D eigenvalue weighted by molar-refractivity contribution is -0.136. The maximum Gasteiger partial charge on any atom is 0.228 e. The van der Waals surface area contributed by atoms with E-state index in [2.05, 4.69) is 5.32 Å². The van der Waals surface area contributed by atoms with E-state index in [1.165, 1.54) is 0 Å². The van der Waals surface area contributed by atoms with Gasteiger partial charge in [0, 0.05) is 25.3 Å². The zero-order valence-electron chi connectivity index (χ0n) is 13.4. The second kappa shape index (κ2) is 7.61. The molecule has 1 aliphatic heterocycles. The molecule has 3 N–H and O–H groups in total. The Morgan fingerprint density at radius 3 is 2.73 bits per heavy atom. The highest BCUT2D eigenvalue weighted by molar-refractivity contribution is 5.83. The normalized spacial score (nSPS) is 18.5. The summed E-state index contributed by atoms with van der Waals surface area (Å²) in [5, 5.41) is 3.10. The number of carbonyl (C=O) groups is 1. The van der Waals surface area contributed by atoms with Gasteiger partial charge >= 0.3 is 0 Å². The lowest BCUT2D eigenvalue weighted by Crippen LogP contribution is -2.49. The van der Waals surface area contributed by atoms with Crippen molar-refractivity contribution in [1.82, 2.24) is 5.32 Å². The summed E-state index contributed by atoms with van der Waals surface area (Å²) < 4.78 is 11.0. The van der Waals surface area contributed by atoms with Gasteiger partial charge in [-0.15, -0.1) is 0 Å². The van der Waals surface area contributed by atoms with E-state index in [1.54, 1.807) is 0 Å². The Hall–Kier alpha value is -1.59. The molecule has 1 atom stereocenters. The highest BCUT2D eigenvalue weighted by Crippen LogP contribution is 2.31. The SMILES string of the molecule is CCOc1ccccc1C(C)NC(=O)C1(CN)CCOCC1. The van der Waals surface area contributed by atoms with Crippen LogP contribution < -0.4 is 15.8 Å². The van der Waals surface area contributed by atoms with Crippen LogP contribution in [0.1, 0.15) is 38.3 Å². The van der Waals surface area contributed by atoms with Crippen LogP contribution in [0.15, 0.2) is 24.3 Å². The summed E-state index contributed by atoms with van der Waals surface area (Å²) in [6, 6.07) is 7.67. The molecule has 22 heavy (non-hydrogen) atoms. The van der Waals surface area contributed by atoms with Crippen molar-refractivity contribution >= 4 is 5.91 Å². The van der Waals surface area contributed by atoms with Crippen molar-refractivity contribution in [3.05, 3.63) is 29.8 Å². The summed E-state index contributed by atoms with van der Waals surface area (Å²) in [6.07, 6.45) is 1.35. The van der Waals surface area contributed by atoms with Crippen LogP contribution in [0.2, 0.25) is 0 Å². The van der Waals surface area contributed by atoms with Gasteiger partial charge in [-0.25, -0.2) is 0 Å². The second-order valence-corrected chi connectivity index (χ2v) is 5.76. The molecule has 1 fully saturated rings. The number of amides is 1. The van der Waals surface area contributed by atoms with Crippen molar-refractivity contribution in [3.8, 4) is 5.75 Å². The number of rotatable bonds is 6. The quantitative estimate of drug-likeness (QED) is 0.843. The number of hydrogen-bond acceptors (Lipinski definition) is 4. The molecular formula is C17H26N2O3. The predicted molar refractivity (Wildman–Crippen MR) is 85.7 cm³/mol. The van der Waals surface area contributed by atoms with Gasteiger partial charge in [-0.3, -0.25) is 4.79 Å². The van der Waals surface area contributed by atoms with Crippen molar-refractivity contribution in [3.63, 3.8) is 0 Å². The molecule has 1 amide bonds. The minimum Gasteiger partial charge on any atom is -0.494 e. The molecule has 0 aliphatic carbocycles. The first-order chi connectivity index (χ1) is 10.6. The topological polar surface area (TPSA) is 73.6 Å². The number of para-hydroxylation sites is 1. The van der Waals surface area contributed by atoms with Gasteiger partial charge in [0.2, 0.25) is 5.91 Å². The zero-order valence-corrected chi connectivity index (χ0v) is 13.4. The van der Waals surface area contributed by atoms with E-state index in [1.807, 2.05) is 38.1 Å². The van der Waals surface area contributed by atoms with Crippen LogP contribution in [-0.2, 0) is 9.53 Å². The van der Waals surface area contributed by atoms with E-state index in [9.17, 15) is 4.79 Å². The van der Waals surface area contributed by atoms with Crippen LogP contribution in [0, 0.1) is 5.41 Å². The molecule has 2 rings (SSSR count). The van der Waals surface area contributed by atoms with Gasteiger partial charge in [-0.2, -0.15) is 0 Å². The van der Waals surface area contributed by atoms with Crippen molar-refractivity contribution in [2.24, 2.45) is 11.1 Å². The van der Waals surface area contributed by atoms with Gasteiger partial charge in [-0.1, -0.05) is 18.2 Å². The van der Waals surface area contributed by atoms with Crippen LogP contribution in [-0.4, -0.2) is 32.3 Å². The highest BCUT2D eigenvalue weighted by Gasteiger charge is 2.39. The molecule has 0 spiro atoms. The fourth-order valence-electron chi connectivity index (χ4n) is 2.84. The Morgan fingerprint density at radius 2 is 2.09 bits per heavy atom. The Labute approximate surface area is 132 Å². The van der Waals surface area contributed by atoms with Gasteiger partial charge in [0.05, 0.1) is 18.1 Å². The van der Waals surface area contributed by atoms with Crippen molar-refractivity contribution < 1.29 is 14.3 Å². The molecule has 0 radical (unpaired) electrons. The first kappa shape index (κ1) is 16.8. The Balaban J connectivity index is 2.10. The Bertz CT molecular complexity index is 498. The highest BCUT2D eigenvalue weighted by atomic mass is 16.5. The number of nitrogens with one attached hydrogen (secondary N) is 1. The van der Waals surface area contributed by atoms with Crippen LogP contribution in [0.5, 0.6) is 5.75 Å². The zero-order chi connectivity index (χ0) is 16.0. The minimum atomic E-state index is -0.507. The summed E-state index contributed by atoms with van der Waals surface area (Å²) in [4.78, 5) is 12.7. The third-order valence-corrected chi connectivity index (χ3v) is 4.36. The van der Waals surface area contributed by atoms with E-state index in [-0.39, 0.29) is 11.9 Å². The number of benzene rings is 1. The van der Waals surface area contributed by atoms with Crippen LogP contribution in [0.25, 0.3) is 0 Å². The minimum absolute atomic E-state index is 0.0112. The molecule has 1 aromatic rings. The van der Waals surface area contributed by atoms with E-state index in [0.717, 1.165) is 11.3 Å². The second-order valence-electron chi connectivity index (χ2n) is 5.76. The molecule has 0 aromatic heterocycles. The average Bonchev–Trinajstić information content (AvgIpc) is 2.56. The lowest BCUT2D eigenvalue weighted by atomic mass is 9.79. The van der Waals surface area contributed by atoms with E-state index >= 15 is 0 Å². The van der Waals surface area contributed by atoms with Crippen molar-refractivity contribution in [2.45, 2.75) is 32.7 Å². The molecule has 1 aliphatic rings. The van der Waals surface area contributed by atoms with E-state index in [0.29, 0.717) is 39.2 Å². The molecule has 122 valence electrons. The fourth-order valence-corrected chi connectivity index (χ4v) is 2.84. The molecular weight excluding hydrogens is 280 g/mol.